The Morgan fingerprint density at radius 1 is 1.50 bits per heavy atom. The summed E-state index contributed by atoms with van der Waals surface area (Å²) in [6.45, 7) is 0.527. The van der Waals surface area contributed by atoms with Crippen LogP contribution in [0, 0.1) is 0 Å². The van der Waals surface area contributed by atoms with Crippen molar-refractivity contribution in [1.29, 1.82) is 0 Å². The minimum absolute atomic E-state index is 0. The zero-order valence-corrected chi connectivity index (χ0v) is 5.29. The zero-order valence-electron chi connectivity index (χ0n) is 5.29. The summed E-state index contributed by atoms with van der Waals surface area (Å²) in [5, 5.41) is 8.05. The summed E-state index contributed by atoms with van der Waals surface area (Å²) in [5.41, 5.74) is 0. The van der Waals surface area contributed by atoms with Crippen molar-refractivity contribution in [2.24, 2.45) is 0 Å². The molecule has 0 unspecified atom stereocenters. The number of hydrogen-bond donors (Lipinski definition) is 1. The Balaban J connectivity index is 0. The predicted octanol–water partition coefficient (Wildman–Crippen LogP) is -1.45. The van der Waals surface area contributed by atoms with E-state index in [1.165, 1.54) is 7.11 Å². The Kier molecular flexibility index (Phi) is 11.4. The van der Waals surface area contributed by atoms with Gasteiger partial charge in [0.2, 0.25) is 0 Å². The summed E-state index contributed by atoms with van der Waals surface area (Å²) in [5.74, 6) is -0.953. The number of rotatable bonds is 5. The van der Waals surface area contributed by atoms with E-state index in [1.807, 2.05) is 0 Å². The molecular formula is C5H13GaO4. The summed E-state index contributed by atoms with van der Waals surface area (Å²) in [6, 6.07) is 0. The standard InChI is InChI=1S/C5H10O4.Ga.3H/c1-8-2-3-9-4-5(6)7;;;;/h2-4H2,1H3,(H,6,7);;;;. The van der Waals surface area contributed by atoms with Crippen LogP contribution in [0.25, 0.3) is 0 Å². The van der Waals surface area contributed by atoms with Crippen LogP contribution in [0.15, 0.2) is 0 Å². The molecule has 1 N–H and O–H groups in total. The van der Waals surface area contributed by atoms with Gasteiger partial charge in [0.05, 0.1) is 13.2 Å². The Bertz CT molecular complexity index is 85.7. The van der Waals surface area contributed by atoms with Crippen molar-refractivity contribution >= 4 is 25.8 Å². The molecule has 0 rings (SSSR count). The minimum atomic E-state index is -0.953. The quantitative estimate of drug-likeness (QED) is 0.442. The van der Waals surface area contributed by atoms with Crippen LogP contribution in [-0.4, -0.2) is 57.8 Å². The van der Waals surface area contributed by atoms with Gasteiger partial charge in [0, 0.05) is 7.11 Å². The van der Waals surface area contributed by atoms with Gasteiger partial charge in [0.1, 0.15) is 6.61 Å². The van der Waals surface area contributed by atoms with E-state index < -0.39 is 5.97 Å². The third kappa shape index (κ3) is 10.9. The van der Waals surface area contributed by atoms with Crippen LogP contribution in [0.5, 0.6) is 0 Å². The van der Waals surface area contributed by atoms with Crippen molar-refractivity contribution < 1.29 is 19.4 Å². The first-order valence-electron chi connectivity index (χ1n) is 2.56. The van der Waals surface area contributed by atoms with Crippen molar-refractivity contribution in [2.75, 3.05) is 26.9 Å². The molecule has 0 saturated carbocycles. The van der Waals surface area contributed by atoms with Gasteiger partial charge in [0.25, 0.3) is 0 Å². The summed E-state index contributed by atoms with van der Waals surface area (Å²) in [7, 11) is 1.53. The van der Waals surface area contributed by atoms with E-state index in [2.05, 4.69) is 9.47 Å². The molecule has 0 atom stereocenters. The maximum absolute atomic E-state index is 9.80. The molecule has 0 saturated heterocycles. The van der Waals surface area contributed by atoms with Crippen LogP contribution in [0.4, 0.5) is 0 Å². The maximum atomic E-state index is 9.80. The van der Waals surface area contributed by atoms with Gasteiger partial charge < -0.3 is 14.6 Å². The van der Waals surface area contributed by atoms with Crippen molar-refractivity contribution in [3.8, 4) is 0 Å². The molecular weight excluding hydrogens is 194 g/mol. The second-order valence-corrected chi connectivity index (χ2v) is 1.44. The Morgan fingerprint density at radius 3 is 2.50 bits per heavy atom. The number of carbonyl (C=O) groups is 1. The van der Waals surface area contributed by atoms with Crippen LogP contribution < -0.4 is 0 Å². The van der Waals surface area contributed by atoms with Gasteiger partial charge in [-0.15, -0.1) is 0 Å². The molecule has 10 heavy (non-hydrogen) atoms. The van der Waals surface area contributed by atoms with E-state index in [1.54, 1.807) is 0 Å². The van der Waals surface area contributed by atoms with Crippen LogP contribution in [0.1, 0.15) is 0 Å². The molecule has 0 aliphatic carbocycles. The average Bonchev–Trinajstić information content (AvgIpc) is 1.80. The van der Waals surface area contributed by atoms with Gasteiger partial charge in [-0.1, -0.05) is 0 Å². The molecule has 0 radical (unpaired) electrons. The van der Waals surface area contributed by atoms with Crippen LogP contribution in [0.3, 0.4) is 0 Å². The van der Waals surface area contributed by atoms with Crippen molar-refractivity contribution in [3.63, 3.8) is 0 Å². The first-order chi connectivity index (χ1) is 4.27. The van der Waals surface area contributed by atoms with E-state index in [4.69, 9.17) is 5.11 Å². The second kappa shape index (κ2) is 9.03. The summed E-state index contributed by atoms with van der Waals surface area (Å²) in [6.07, 6.45) is 0. The first kappa shape index (κ1) is 12.7. The summed E-state index contributed by atoms with van der Waals surface area (Å²) >= 11 is 0. The van der Waals surface area contributed by atoms with E-state index in [0.717, 1.165) is 0 Å². The van der Waals surface area contributed by atoms with Gasteiger partial charge in [0.15, 0.2) is 0 Å². The predicted molar refractivity (Wildman–Crippen MR) is 40.3 cm³/mol. The third-order valence-corrected chi connectivity index (χ3v) is 0.657. The molecule has 4 nitrogen and oxygen atoms in total. The van der Waals surface area contributed by atoms with Crippen molar-refractivity contribution in [1.82, 2.24) is 0 Å². The molecule has 5 heteroatoms. The Hall–Kier alpha value is 0.0264. The van der Waals surface area contributed by atoms with Crippen molar-refractivity contribution in [2.45, 2.75) is 0 Å². The normalized spacial score (nSPS) is 8.50. The third-order valence-electron chi connectivity index (χ3n) is 0.657. The first-order valence-corrected chi connectivity index (χ1v) is 2.56. The van der Waals surface area contributed by atoms with Gasteiger partial charge in [-0.25, -0.2) is 4.79 Å². The fourth-order valence-corrected chi connectivity index (χ4v) is 0.302. The van der Waals surface area contributed by atoms with Gasteiger partial charge in [-0.2, -0.15) is 0 Å². The molecule has 0 bridgehead atoms. The summed E-state index contributed by atoms with van der Waals surface area (Å²) in [4.78, 5) is 9.80. The number of ether oxygens (including phenoxy) is 2. The second-order valence-electron chi connectivity index (χ2n) is 1.44. The van der Waals surface area contributed by atoms with E-state index >= 15 is 0 Å². The Labute approximate surface area is 72.6 Å². The molecule has 0 fully saturated rings. The van der Waals surface area contributed by atoms with Gasteiger partial charge in [-0.3, -0.25) is 0 Å². The zero-order chi connectivity index (χ0) is 7.11. The molecule has 0 aromatic rings. The van der Waals surface area contributed by atoms with Crippen LogP contribution in [-0.2, 0) is 14.3 Å². The molecule has 0 aliphatic rings. The molecule has 0 aliphatic heterocycles. The average molecular weight is 207 g/mol. The molecule has 0 aromatic carbocycles. The van der Waals surface area contributed by atoms with Crippen LogP contribution >= 0.6 is 0 Å². The fourth-order valence-electron chi connectivity index (χ4n) is 0.302. The summed E-state index contributed by atoms with van der Waals surface area (Å²) < 4.78 is 9.22. The number of aliphatic carboxylic acids is 1. The molecule has 0 aromatic heterocycles. The molecule has 0 amide bonds. The Morgan fingerprint density at radius 2 is 2.10 bits per heavy atom. The fraction of sp³-hybridized carbons (Fsp3) is 0.800. The van der Waals surface area contributed by atoms with E-state index in [-0.39, 0.29) is 26.4 Å². The SMILES string of the molecule is COCCOCC(=O)O.[GaH3]. The van der Waals surface area contributed by atoms with Crippen LogP contribution in [0.2, 0.25) is 0 Å². The number of hydrogen-bond acceptors (Lipinski definition) is 3. The molecule has 0 spiro atoms. The van der Waals surface area contributed by atoms with Gasteiger partial charge in [-0.05, 0) is 0 Å². The number of carboxylic acid groups (broad SMARTS) is 1. The molecule has 0 heterocycles. The van der Waals surface area contributed by atoms with Crippen molar-refractivity contribution in [3.05, 3.63) is 0 Å². The number of methoxy groups -OCH3 is 1. The molecule has 60 valence electrons. The van der Waals surface area contributed by atoms with Gasteiger partial charge >= 0.3 is 25.8 Å². The topological polar surface area (TPSA) is 55.8 Å². The monoisotopic (exact) mass is 206 g/mol. The van der Waals surface area contributed by atoms with E-state index in [9.17, 15) is 4.79 Å². The van der Waals surface area contributed by atoms with E-state index in [0.29, 0.717) is 13.2 Å². The number of carboxylic acids is 1.